The molecule has 55 heavy (non-hydrogen) atoms. The van der Waals surface area contributed by atoms with E-state index in [1.165, 1.54) is 12.1 Å². The van der Waals surface area contributed by atoms with Gasteiger partial charge in [-0.2, -0.15) is 20.8 Å². The van der Waals surface area contributed by atoms with E-state index in [-0.39, 0.29) is 29.5 Å². The van der Waals surface area contributed by atoms with Gasteiger partial charge in [-0.15, -0.1) is 4.91 Å². The maximum atomic E-state index is 14.0. The van der Waals surface area contributed by atoms with Gasteiger partial charge in [0.2, 0.25) is 0 Å². The second-order valence-corrected chi connectivity index (χ2v) is 11.5. The summed E-state index contributed by atoms with van der Waals surface area (Å²) in [5.74, 6) is -4.63. The quantitative estimate of drug-likeness (QED) is 0.0394. The molecule has 15 heteroatoms. The maximum Gasteiger partial charge on any atom is 0.300 e. The van der Waals surface area contributed by atoms with Gasteiger partial charge in [-0.05, 0) is 66.5 Å². The molecule has 11 nitrogen and oxygen atoms in total. The third kappa shape index (κ3) is 19.9. The number of rotatable bonds is 15. The smallest absolute Gasteiger partial charge is 0.300 e. The van der Waals surface area contributed by atoms with Crippen LogP contribution in [0.5, 0.6) is 11.5 Å². The Morgan fingerprint density at radius 1 is 0.655 bits per heavy atom. The van der Waals surface area contributed by atoms with E-state index in [1.807, 2.05) is 12.1 Å². The van der Waals surface area contributed by atoms with E-state index in [9.17, 15) is 22.5 Å². The minimum Gasteiger partial charge on any atom is -0.488 e. The number of nitrogens with zero attached hydrogens (tertiary/aromatic N) is 5. The molecule has 292 valence electrons. The van der Waals surface area contributed by atoms with Gasteiger partial charge in [0.25, 0.3) is 5.97 Å². The molecule has 0 saturated heterocycles. The fourth-order valence-electron chi connectivity index (χ4n) is 4.18. The first-order valence-corrected chi connectivity index (χ1v) is 17.3. The summed E-state index contributed by atoms with van der Waals surface area (Å²) in [4.78, 5) is 18.9. The highest BCUT2D eigenvalue weighted by Gasteiger charge is 2.13. The van der Waals surface area contributed by atoms with Crippen LogP contribution in [0.25, 0.3) is 0 Å². The zero-order valence-corrected chi connectivity index (χ0v) is 30.9. The number of carboxylic acid groups (broad SMARTS) is 1. The minimum atomic E-state index is -0.833. The number of hydrogen-bond donors (Lipinski definition) is 2. The Kier molecular flexibility index (Phi) is 23.2. The number of anilines is 1. The van der Waals surface area contributed by atoms with E-state index < -0.39 is 29.2 Å². The van der Waals surface area contributed by atoms with Crippen molar-refractivity contribution in [2.24, 2.45) is 15.4 Å². The van der Waals surface area contributed by atoms with Crippen molar-refractivity contribution in [3.05, 3.63) is 112 Å². The average molecular weight is 765 g/mol. The summed E-state index contributed by atoms with van der Waals surface area (Å²) in [5.41, 5.74) is 7.26. The van der Waals surface area contributed by atoms with Crippen LogP contribution in [-0.4, -0.2) is 24.3 Å². The first-order chi connectivity index (χ1) is 26.4. The normalized spacial score (nSPS) is 9.91. The summed E-state index contributed by atoms with van der Waals surface area (Å²) in [5, 5.41) is 34.9. The Morgan fingerprint density at radius 3 is 1.38 bits per heavy atom. The highest BCUT2D eigenvalue weighted by atomic mass is 19.1. The average Bonchev–Trinajstić information content (AvgIpc) is 3.16. The first kappa shape index (κ1) is 46.7. The van der Waals surface area contributed by atoms with Crippen molar-refractivity contribution >= 4 is 28.7 Å². The number of hydrogen-bond acceptors (Lipinski definition) is 10. The van der Waals surface area contributed by atoms with Crippen LogP contribution in [0.4, 0.5) is 40.3 Å². The summed E-state index contributed by atoms with van der Waals surface area (Å²) in [6.45, 7) is 5.88. The molecule has 0 aliphatic carbocycles. The van der Waals surface area contributed by atoms with Gasteiger partial charge < -0.3 is 20.3 Å². The maximum absolute atomic E-state index is 14.0. The lowest BCUT2D eigenvalue weighted by Crippen LogP contribution is -2.02. The predicted octanol–water partition coefficient (Wildman–Crippen LogP) is 11.8. The van der Waals surface area contributed by atoms with Crippen LogP contribution in [0.15, 0.2) is 88.2 Å². The third-order valence-corrected chi connectivity index (χ3v) is 6.87. The summed E-state index contributed by atoms with van der Waals surface area (Å²) in [6.07, 6.45) is 7.92. The number of nitrogen functional groups attached to an aromatic ring is 1. The number of benzene rings is 4. The third-order valence-electron chi connectivity index (χ3n) is 6.87. The molecule has 0 bridgehead atoms. The number of nitriles is 2. The Morgan fingerprint density at radius 2 is 1.02 bits per heavy atom. The lowest BCUT2D eigenvalue weighted by atomic mass is 10.2. The van der Waals surface area contributed by atoms with Crippen LogP contribution in [0.3, 0.4) is 0 Å². The second kappa shape index (κ2) is 27.3. The number of ether oxygens (including phenoxy) is 2. The summed E-state index contributed by atoms with van der Waals surface area (Å²) < 4.78 is 64.8. The number of unbranched alkanes of at least 4 members (excludes halogenated alkanes) is 6. The molecule has 0 saturated carbocycles. The van der Waals surface area contributed by atoms with Gasteiger partial charge in [0.05, 0.1) is 47.9 Å². The second-order valence-electron chi connectivity index (χ2n) is 11.5. The Bertz CT molecular complexity index is 1830. The van der Waals surface area contributed by atoms with Crippen molar-refractivity contribution in [2.75, 3.05) is 18.9 Å². The molecule has 0 aliphatic rings. The van der Waals surface area contributed by atoms with E-state index in [2.05, 4.69) is 29.3 Å². The Hall–Kier alpha value is -6.35. The fourth-order valence-corrected chi connectivity index (χ4v) is 4.18. The zero-order valence-electron chi connectivity index (χ0n) is 30.9. The van der Waals surface area contributed by atoms with Gasteiger partial charge in [-0.1, -0.05) is 52.4 Å². The number of carbonyl (C=O) groups is 1. The zero-order chi connectivity index (χ0) is 41.0. The van der Waals surface area contributed by atoms with Crippen LogP contribution in [0, 0.1) is 50.8 Å². The highest BCUT2D eigenvalue weighted by Crippen LogP contribution is 2.29. The van der Waals surface area contributed by atoms with Crippen molar-refractivity contribution in [2.45, 2.75) is 72.1 Å². The molecular formula is C40H44F4N6O5. The molecule has 0 aliphatic heterocycles. The monoisotopic (exact) mass is 764 g/mol. The SMILES string of the molecule is CC(=O)O.CCCCCCOc1c(F)cc(N)cc1F.CCCCCCOc1c(F)cc(N=Nc2ccc(C#N)cc2)cc1F.N#Cc1ccc(N=O)cc1. The Balaban J connectivity index is 0.000000428. The van der Waals surface area contributed by atoms with E-state index in [0.717, 1.165) is 82.6 Å². The van der Waals surface area contributed by atoms with Crippen LogP contribution < -0.4 is 15.2 Å². The molecule has 0 unspecified atom stereocenters. The standard InChI is InChI=1S/C19H19F2N3O.C12H17F2NO.C7H4N2O.C2H4O2/c1-2-3-4-5-10-25-19-17(20)11-16(12-18(19)21)24-23-15-8-6-14(13-22)7-9-15;1-2-3-4-5-6-16-12-10(13)7-9(15)8-11(12)14;8-5-6-1-3-7(9-10)4-2-6;1-2(3)4/h6-9,11-12H,2-5,10H2,1H3;7-8H,2-6,15H2,1H3;1-4H;1H3,(H,3,4). The van der Waals surface area contributed by atoms with Crippen LogP contribution >= 0.6 is 0 Å². The number of nitrogens with two attached hydrogens (primary N) is 1. The van der Waals surface area contributed by atoms with Crippen molar-refractivity contribution in [1.29, 1.82) is 10.5 Å². The van der Waals surface area contributed by atoms with Gasteiger partial charge >= 0.3 is 0 Å². The molecule has 0 amide bonds. The molecule has 4 aromatic carbocycles. The first-order valence-electron chi connectivity index (χ1n) is 17.3. The molecule has 0 radical (unpaired) electrons. The van der Waals surface area contributed by atoms with E-state index >= 15 is 0 Å². The van der Waals surface area contributed by atoms with Crippen LogP contribution in [0.2, 0.25) is 0 Å². The number of halogens is 4. The van der Waals surface area contributed by atoms with Gasteiger partial charge in [0.15, 0.2) is 34.8 Å². The molecule has 0 aromatic heterocycles. The number of nitroso groups, excluding NO2 is 1. The van der Waals surface area contributed by atoms with Crippen molar-refractivity contribution in [3.63, 3.8) is 0 Å². The van der Waals surface area contributed by atoms with E-state index in [1.54, 1.807) is 36.4 Å². The largest absolute Gasteiger partial charge is 0.488 e. The van der Waals surface area contributed by atoms with Crippen molar-refractivity contribution < 1.29 is 36.9 Å². The molecule has 0 atom stereocenters. The lowest BCUT2D eigenvalue weighted by Gasteiger charge is -2.08. The van der Waals surface area contributed by atoms with Gasteiger partial charge in [-0.25, -0.2) is 17.6 Å². The molecule has 0 spiro atoms. The van der Waals surface area contributed by atoms with Crippen LogP contribution in [0.1, 0.15) is 83.3 Å². The fraction of sp³-hybridized carbons (Fsp3) is 0.325. The summed E-state index contributed by atoms with van der Waals surface area (Å²) in [7, 11) is 0. The summed E-state index contributed by atoms with van der Waals surface area (Å²) in [6, 6.07) is 20.7. The minimum absolute atomic E-state index is 0.0534. The Labute approximate surface area is 318 Å². The van der Waals surface area contributed by atoms with Crippen molar-refractivity contribution in [3.8, 4) is 23.6 Å². The van der Waals surface area contributed by atoms with Gasteiger partial charge in [0.1, 0.15) is 5.69 Å². The predicted molar refractivity (Wildman–Crippen MR) is 202 cm³/mol. The lowest BCUT2D eigenvalue weighted by molar-refractivity contribution is -0.134. The summed E-state index contributed by atoms with van der Waals surface area (Å²) >= 11 is 0. The van der Waals surface area contributed by atoms with Gasteiger partial charge in [0, 0.05) is 36.9 Å². The molecule has 0 heterocycles. The number of azo groups is 1. The number of carboxylic acids is 1. The van der Waals surface area contributed by atoms with E-state index in [0.29, 0.717) is 29.1 Å². The van der Waals surface area contributed by atoms with Crippen molar-refractivity contribution in [1.82, 2.24) is 0 Å². The molecular weight excluding hydrogens is 720 g/mol. The molecule has 3 N–H and O–H groups in total. The molecule has 0 fully saturated rings. The highest BCUT2D eigenvalue weighted by molar-refractivity contribution is 5.63. The molecule has 4 rings (SSSR count). The van der Waals surface area contributed by atoms with Crippen LogP contribution in [-0.2, 0) is 4.79 Å². The topological polar surface area (TPSA) is 184 Å². The van der Waals surface area contributed by atoms with E-state index in [4.69, 9.17) is 35.6 Å². The molecule has 4 aromatic rings. The van der Waals surface area contributed by atoms with Gasteiger partial charge in [-0.3, -0.25) is 4.79 Å². The number of aliphatic carboxylic acids is 1.